The molecule has 0 aromatic heterocycles. The molecule has 0 unspecified atom stereocenters. The van der Waals surface area contributed by atoms with Crippen molar-refractivity contribution in [3.8, 4) is 5.75 Å². The van der Waals surface area contributed by atoms with E-state index in [0.29, 0.717) is 6.54 Å². The van der Waals surface area contributed by atoms with Crippen LogP contribution in [0.4, 0.5) is 0 Å². The van der Waals surface area contributed by atoms with E-state index in [0.717, 1.165) is 17.1 Å². The average Bonchev–Trinajstić information content (AvgIpc) is 2.48. The van der Waals surface area contributed by atoms with Gasteiger partial charge in [-0.15, -0.1) is 11.8 Å². The molecule has 2 aromatic rings. The Labute approximate surface area is 119 Å². The van der Waals surface area contributed by atoms with Crippen LogP contribution in [0.5, 0.6) is 5.75 Å². The highest BCUT2D eigenvalue weighted by Crippen LogP contribution is 2.32. The SMILES string of the molecule is CSc1ccccc1O[C@H](CCN)c1ccccc1. The summed E-state index contributed by atoms with van der Waals surface area (Å²) in [7, 11) is 0. The van der Waals surface area contributed by atoms with Gasteiger partial charge in [0.15, 0.2) is 0 Å². The Morgan fingerprint density at radius 2 is 1.74 bits per heavy atom. The molecule has 0 aliphatic rings. The third-order valence-electron chi connectivity index (χ3n) is 2.94. The van der Waals surface area contributed by atoms with E-state index in [1.807, 2.05) is 36.4 Å². The maximum atomic E-state index is 6.16. The lowest BCUT2D eigenvalue weighted by molar-refractivity contribution is 0.193. The quantitative estimate of drug-likeness (QED) is 0.811. The number of ether oxygens (including phenoxy) is 1. The minimum Gasteiger partial charge on any atom is -0.485 e. The molecule has 0 aliphatic carbocycles. The number of hydrogen-bond donors (Lipinski definition) is 1. The van der Waals surface area contributed by atoms with Crippen molar-refractivity contribution < 1.29 is 4.74 Å². The fourth-order valence-corrected chi connectivity index (χ4v) is 2.51. The first-order valence-electron chi connectivity index (χ1n) is 6.40. The van der Waals surface area contributed by atoms with E-state index in [1.54, 1.807) is 11.8 Å². The number of hydrogen-bond acceptors (Lipinski definition) is 3. The Hall–Kier alpha value is -1.45. The number of thioether (sulfide) groups is 1. The van der Waals surface area contributed by atoms with Crippen molar-refractivity contribution in [1.29, 1.82) is 0 Å². The van der Waals surface area contributed by atoms with Crippen LogP contribution < -0.4 is 10.5 Å². The molecule has 0 fully saturated rings. The second kappa shape index (κ2) is 7.22. The van der Waals surface area contributed by atoms with Crippen molar-refractivity contribution >= 4 is 11.8 Å². The van der Waals surface area contributed by atoms with Crippen LogP contribution in [0.2, 0.25) is 0 Å². The van der Waals surface area contributed by atoms with E-state index in [4.69, 9.17) is 10.5 Å². The molecule has 0 saturated carbocycles. The fourth-order valence-electron chi connectivity index (χ4n) is 1.98. The van der Waals surface area contributed by atoms with Crippen molar-refractivity contribution in [1.82, 2.24) is 0 Å². The summed E-state index contributed by atoms with van der Waals surface area (Å²) in [6.07, 6.45) is 2.88. The molecule has 19 heavy (non-hydrogen) atoms. The van der Waals surface area contributed by atoms with Crippen LogP contribution in [0.3, 0.4) is 0 Å². The molecule has 0 bridgehead atoms. The fraction of sp³-hybridized carbons (Fsp3) is 0.250. The first-order valence-corrected chi connectivity index (χ1v) is 7.62. The van der Waals surface area contributed by atoms with Gasteiger partial charge in [0.25, 0.3) is 0 Å². The highest BCUT2D eigenvalue weighted by molar-refractivity contribution is 7.98. The van der Waals surface area contributed by atoms with Gasteiger partial charge in [0.1, 0.15) is 11.9 Å². The summed E-state index contributed by atoms with van der Waals surface area (Å²) >= 11 is 1.69. The van der Waals surface area contributed by atoms with Crippen LogP contribution in [-0.2, 0) is 0 Å². The van der Waals surface area contributed by atoms with Crippen molar-refractivity contribution in [2.45, 2.75) is 17.4 Å². The molecule has 0 spiro atoms. The van der Waals surface area contributed by atoms with E-state index in [-0.39, 0.29) is 6.10 Å². The summed E-state index contributed by atoms with van der Waals surface area (Å²) in [6, 6.07) is 18.4. The predicted octanol–water partition coefficient (Wildman–Crippen LogP) is 3.88. The Bertz CT molecular complexity index is 501. The minimum atomic E-state index is 0.0134. The van der Waals surface area contributed by atoms with Gasteiger partial charge in [-0.25, -0.2) is 0 Å². The van der Waals surface area contributed by atoms with Crippen LogP contribution in [0.25, 0.3) is 0 Å². The van der Waals surface area contributed by atoms with Crippen molar-refractivity contribution in [2.75, 3.05) is 12.8 Å². The lowest BCUT2D eigenvalue weighted by Crippen LogP contribution is -2.13. The van der Waals surface area contributed by atoms with E-state index in [2.05, 4.69) is 24.5 Å². The molecule has 100 valence electrons. The topological polar surface area (TPSA) is 35.2 Å². The molecule has 3 heteroatoms. The van der Waals surface area contributed by atoms with Gasteiger partial charge in [-0.05, 0) is 30.5 Å². The molecule has 2 N–H and O–H groups in total. The molecular formula is C16H19NOS. The van der Waals surface area contributed by atoms with Crippen LogP contribution >= 0.6 is 11.8 Å². The standard InChI is InChI=1S/C16H19NOS/c1-19-16-10-6-5-9-15(16)18-14(11-12-17)13-7-3-2-4-8-13/h2-10,14H,11-12,17H2,1H3/t14-/m1/s1. The molecule has 2 nitrogen and oxygen atoms in total. The summed E-state index contributed by atoms with van der Waals surface area (Å²) in [5.74, 6) is 0.928. The van der Waals surface area contributed by atoms with E-state index >= 15 is 0 Å². The summed E-state index contributed by atoms with van der Waals surface area (Å²) in [6.45, 7) is 0.612. The summed E-state index contributed by atoms with van der Waals surface area (Å²) < 4.78 is 6.16. The maximum absolute atomic E-state index is 6.16. The second-order valence-electron chi connectivity index (χ2n) is 4.25. The average molecular weight is 273 g/mol. The number of nitrogens with two attached hydrogens (primary N) is 1. The number of para-hydroxylation sites is 1. The number of benzene rings is 2. The van der Waals surface area contributed by atoms with Gasteiger partial charge < -0.3 is 10.5 Å². The van der Waals surface area contributed by atoms with E-state index < -0.39 is 0 Å². The summed E-state index contributed by atoms with van der Waals surface area (Å²) in [5.41, 5.74) is 6.88. The van der Waals surface area contributed by atoms with Gasteiger partial charge in [-0.3, -0.25) is 0 Å². The lowest BCUT2D eigenvalue weighted by Gasteiger charge is -2.20. The number of rotatable bonds is 6. The zero-order valence-electron chi connectivity index (χ0n) is 11.1. The first kappa shape index (κ1) is 14.0. The van der Waals surface area contributed by atoms with Gasteiger partial charge >= 0.3 is 0 Å². The van der Waals surface area contributed by atoms with Gasteiger partial charge in [0, 0.05) is 11.3 Å². The monoisotopic (exact) mass is 273 g/mol. The molecule has 0 heterocycles. The van der Waals surface area contributed by atoms with Crippen LogP contribution in [0.15, 0.2) is 59.5 Å². The van der Waals surface area contributed by atoms with Crippen molar-refractivity contribution in [3.05, 3.63) is 60.2 Å². The highest BCUT2D eigenvalue weighted by atomic mass is 32.2. The smallest absolute Gasteiger partial charge is 0.133 e. The zero-order chi connectivity index (χ0) is 13.5. The molecule has 0 saturated heterocycles. The van der Waals surface area contributed by atoms with Crippen LogP contribution in [0, 0.1) is 0 Å². The molecule has 1 atom stereocenters. The zero-order valence-corrected chi connectivity index (χ0v) is 11.9. The van der Waals surface area contributed by atoms with Gasteiger partial charge in [0.05, 0.1) is 0 Å². The molecular weight excluding hydrogens is 254 g/mol. The third-order valence-corrected chi connectivity index (χ3v) is 3.72. The third kappa shape index (κ3) is 3.75. The normalized spacial score (nSPS) is 12.1. The van der Waals surface area contributed by atoms with E-state index in [1.165, 1.54) is 5.56 Å². The van der Waals surface area contributed by atoms with Gasteiger partial charge in [-0.1, -0.05) is 42.5 Å². The van der Waals surface area contributed by atoms with Crippen LogP contribution in [-0.4, -0.2) is 12.8 Å². The van der Waals surface area contributed by atoms with Gasteiger partial charge in [0.2, 0.25) is 0 Å². The maximum Gasteiger partial charge on any atom is 0.133 e. The Balaban J connectivity index is 2.21. The van der Waals surface area contributed by atoms with Gasteiger partial charge in [-0.2, -0.15) is 0 Å². The van der Waals surface area contributed by atoms with Crippen LogP contribution in [0.1, 0.15) is 18.1 Å². The van der Waals surface area contributed by atoms with E-state index in [9.17, 15) is 0 Å². The second-order valence-corrected chi connectivity index (χ2v) is 5.09. The highest BCUT2D eigenvalue weighted by Gasteiger charge is 2.13. The predicted molar refractivity (Wildman–Crippen MR) is 81.7 cm³/mol. The molecule has 0 radical (unpaired) electrons. The first-order chi connectivity index (χ1) is 9.35. The minimum absolute atomic E-state index is 0.0134. The Morgan fingerprint density at radius 3 is 2.42 bits per heavy atom. The summed E-state index contributed by atoms with van der Waals surface area (Å²) in [5, 5.41) is 0. The molecule has 0 aliphatic heterocycles. The Morgan fingerprint density at radius 1 is 1.05 bits per heavy atom. The van der Waals surface area contributed by atoms with Crippen molar-refractivity contribution in [3.63, 3.8) is 0 Å². The summed E-state index contributed by atoms with van der Waals surface area (Å²) in [4.78, 5) is 1.15. The lowest BCUT2D eigenvalue weighted by atomic mass is 10.1. The largest absolute Gasteiger partial charge is 0.485 e. The molecule has 0 amide bonds. The molecule has 2 aromatic carbocycles. The molecule has 2 rings (SSSR count). The Kier molecular flexibility index (Phi) is 5.31. The van der Waals surface area contributed by atoms with Crippen molar-refractivity contribution in [2.24, 2.45) is 5.73 Å².